The summed E-state index contributed by atoms with van der Waals surface area (Å²) >= 11 is 0. The van der Waals surface area contributed by atoms with Gasteiger partial charge in [0.1, 0.15) is 0 Å². The molecule has 4 nitrogen and oxygen atoms in total. The zero-order chi connectivity index (χ0) is 10.6. The van der Waals surface area contributed by atoms with Crippen LogP contribution in [0.4, 0.5) is 0 Å². The van der Waals surface area contributed by atoms with Crippen LogP contribution in [0.25, 0.3) is 0 Å². The lowest BCUT2D eigenvalue weighted by Gasteiger charge is -2.16. The molecular formula is C10H20N2O2. The van der Waals surface area contributed by atoms with Gasteiger partial charge in [-0.1, -0.05) is 6.92 Å². The number of hydrogen-bond acceptors (Lipinski definition) is 3. The van der Waals surface area contributed by atoms with E-state index in [2.05, 4.69) is 0 Å². The molecule has 1 aliphatic rings. The molecule has 0 aliphatic carbocycles. The molecule has 1 unspecified atom stereocenters. The zero-order valence-electron chi connectivity index (χ0n) is 8.78. The van der Waals surface area contributed by atoms with Crippen LogP contribution in [0.5, 0.6) is 0 Å². The molecule has 1 heterocycles. The van der Waals surface area contributed by atoms with Crippen LogP contribution < -0.4 is 5.73 Å². The first kappa shape index (κ1) is 11.5. The molecular weight excluding hydrogens is 180 g/mol. The summed E-state index contributed by atoms with van der Waals surface area (Å²) in [6, 6.07) is 0. The Kier molecular flexibility index (Phi) is 4.35. The number of aliphatic hydroxyl groups excluding tert-OH is 1. The second kappa shape index (κ2) is 5.32. The Morgan fingerprint density at radius 3 is 2.93 bits per heavy atom. The molecule has 0 aromatic carbocycles. The Morgan fingerprint density at radius 2 is 2.43 bits per heavy atom. The standard InChI is InChI=1S/C10H20N2O2/c1-8(6-11)2-3-10(14)12-5-4-9(13)7-12/h8-9,13H,2-7,11H2,1H3/t8?,9-/m1/s1. The van der Waals surface area contributed by atoms with Crippen molar-refractivity contribution in [2.24, 2.45) is 11.7 Å². The van der Waals surface area contributed by atoms with Gasteiger partial charge in [-0.3, -0.25) is 4.79 Å². The van der Waals surface area contributed by atoms with Gasteiger partial charge in [0.2, 0.25) is 5.91 Å². The molecule has 0 aromatic rings. The number of carbonyl (C=O) groups is 1. The predicted octanol–water partition coefficient (Wildman–Crippen LogP) is -0.0454. The van der Waals surface area contributed by atoms with Gasteiger partial charge in [0.15, 0.2) is 0 Å². The predicted molar refractivity (Wildman–Crippen MR) is 54.7 cm³/mol. The van der Waals surface area contributed by atoms with Crippen molar-refractivity contribution in [1.82, 2.24) is 4.90 Å². The van der Waals surface area contributed by atoms with Crippen molar-refractivity contribution in [3.63, 3.8) is 0 Å². The second-order valence-electron chi connectivity index (χ2n) is 4.16. The number of amides is 1. The molecule has 1 amide bonds. The topological polar surface area (TPSA) is 66.6 Å². The third kappa shape index (κ3) is 3.27. The monoisotopic (exact) mass is 200 g/mol. The highest BCUT2D eigenvalue weighted by atomic mass is 16.3. The van der Waals surface area contributed by atoms with Crippen molar-refractivity contribution in [3.8, 4) is 0 Å². The maximum atomic E-state index is 11.6. The summed E-state index contributed by atoms with van der Waals surface area (Å²) in [6.07, 6.45) is 1.82. The van der Waals surface area contributed by atoms with Gasteiger partial charge in [0.05, 0.1) is 6.10 Å². The van der Waals surface area contributed by atoms with Crippen LogP contribution in [0.1, 0.15) is 26.2 Å². The van der Waals surface area contributed by atoms with E-state index in [-0.39, 0.29) is 12.0 Å². The summed E-state index contributed by atoms with van der Waals surface area (Å²) in [6.45, 7) is 3.90. The number of aliphatic hydroxyl groups is 1. The molecule has 1 rings (SSSR count). The molecule has 1 aliphatic heterocycles. The fourth-order valence-corrected chi connectivity index (χ4v) is 1.61. The highest BCUT2D eigenvalue weighted by Crippen LogP contribution is 2.12. The van der Waals surface area contributed by atoms with Crippen LogP contribution in [-0.2, 0) is 4.79 Å². The van der Waals surface area contributed by atoms with E-state index >= 15 is 0 Å². The largest absolute Gasteiger partial charge is 0.391 e. The van der Waals surface area contributed by atoms with Crippen molar-refractivity contribution in [3.05, 3.63) is 0 Å². The van der Waals surface area contributed by atoms with Crippen molar-refractivity contribution in [2.45, 2.75) is 32.3 Å². The van der Waals surface area contributed by atoms with Gasteiger partial charge in [0.25, 0.3) is 0 Å². The summed E-state index contributed by atoms with van der Waals surface area (Å²) in [7, 11) is 0. The molecule has 0 bridgehead atoms. The lowest BCUT2D eigenvalue weighted by atomic mass is 10.1. The fraction of sp³-hybridized carbons (Fsp3) is 0.900. The normalized spacial score (nSPS) is 23.9. The van der Waals surface area contributed by atoms with Crippen LogP contribution >= 0.6 is 0 Å². The van der Waals surface area contributed by atoms with E-state index < -0.39 is 0 Å². The van der Waals surface area contributed by atoms with Gasteiger partial charge in [-0.25, -0.2) is 0 Å². The summed E-state index contributed by atoms with van der Waals surface area (Å²) in [5.41, 5.74) is 5.47. The minimum atomic E-state index is -0.314. The molecule has 1 fully saturated rings. The summed E-state index contributed by atoms with van der Waals surface area (Å²) in [5, 5.41) is 9.26. The van der Waals surface area contributed by atoms with Crippen LogP contribution in [0.2, 0.25) is 0 Å². The average molecular weight is 200 g/mol. The van der Waals surface area contributed by atoms with E-state index in [1.165, 1.54) is 0 Å². The number of nitrogens with two attached hydrogens (primary N) is 1. The first-order valence-corrected chi connectivity index (χ1v) is 5.29. The molecule has 2 atom stereocenters. The molecule has 3 N–H and O–H groups in total. The van der Waals surface area contributed by atoms with E-state index in [0.717, 1.165) is 12.8 Å². The number of likely N-dealkylation sites (tertiary alicyclic amines) is 1. The minimum Gasteiger partial charge on any atom is -0.391 e. The van der Waals surface area contributed by atoms with E-state index in [1.807, 2.05) is 6.92 Å². The highest BCUT2D eigenvalue weighted by molar-refractivity contribution is 5.76. The summed E-state index contributed by atoms with van der Waals surface area (Å²) in [4.78, 5) is 13.3. The first-order valence-electron chi connectivity index (χ1n) is 5.29. The Bertz CT molecular complexity index is 197. The van der Waals surface area contributed by atoms with Gasteiger partial charge in [-0.15, -0.1) is 0 Å². The van der Waals surface area contributed by atoms with E-state index in [9.17, 15) is 9.90 Å². The van der Waals surface area contributed by atoms with Crippen molar-refractivity contribution < 1.29 is 9.90 Å². The third-order valence-corrected chi connectivity index (χ3v) is 2.77. The van der Waals surface area contributed by atoms with E-state index in [0.29, 0.717) is 32.0 Å². The molecule has 4 heteroatoms. The van der Waals surface area contributed by atoms with Crippen molar-refractivity contribution >= 4 is 5.91 Å². The van der Waals surface area contributed by atoms with Gasteiger partial charge >= 0.3 is 0 Å². The quantitative estimate of drug-likeness (QED) is 0.669. The molecule has 0 saturated carbocycles. The maximum Gasteiger partial charge on any atom is 0.222 e. The number of carbonyl (C=O) groups excluding carboxylic acids is 1. The van der Waals surface area contributed by atoms with Gasteiger partial charge in [-0.05, 0) is 25.3 Å². The van der Waals surface area contributed by atoms with E-state index in [1.54, 1.807) is 4.90 Å². The van der Waals surface area contributed by atoms with Crippen molar-refractivity contribution in [2.75, 3.05) is 19.6 Å². The second-order valence-corrected chi connectivity index (χ2v) is 4.16. The Labute approximate surface area is 85.1 Å². The summed E-state index contributed by atoms with van der Waals surface area (Å²) in [5.74, 6) is 0.563. The molecule has 14 heavy (non-hydrogen) atoms. The summed E-state index contributed by atoms with van der Waals surface area (Å²) < 4.78 is 0. The molecule has 0 spiro atoms. The number of hydrogen-bond donors (Lipinski definition) is 2. The Balaban J connectivity index is 2.22. The Morgan fingerprint density at radius 1 is 1.71 bits per heavy atom. The lowest BCUT2D eigenvalue weighted by molar-refractivity contribution is -0.130. The first-order chi connectivity index (χ1) is 6.63. The fourth-order valence-electron chi connectivity index (χ4n) is 1.61. The van der Waals surface area contributed by atoms with Crippen LogP contribution in [0.3, 0.4) is 0 Å². The SMILES string of the molecule is CC(CN)CCC(=O)N1CC[C@@H](O)C1. The molecule has 0 aromatic heterocycles. The Hall–Kier alpha value is -0.610. The number of rotatable bonds is 4. The van der Waals surface area contributed by atoms with Crippen molar-refractivity contribution in [1.29, 1.82) is 0 Å². The average Bonchev–Trinajstić information content (AvgIpc) is 2.60. The van der Waals surface area contributed by atoms with Gasteiger partial charge in [-0.2, -0.15) is 0 Å². The molecule has 82 valence electrons. The van der Waals surface area contributed by atoms with Gasteiger partial charge < -0.3 is 15.7 Å². The highest BCUT2D eigenvalue weighted by Gasteiger charge is 2.24. The van der Waals surface area contributed by atoms with Gasteiger partial charge in [0, 0.05) is 19.5 Å². The van der Waals surface area contributed by atoms with Crippen LogP contribution in [0.15, 0.2) is 0 Å². The smallest absolute Gasteiger partial charge is 0.222 e. The maximum absolute atomic E-state index is 11.6. The molecule has 0 radical (unpaired) electrons. The molecule has 1 saturated heterocycles. The number of β-amino-alcohol motifs (C(OH)–C–C–N with tert-alkyl or cyclic N) is 1. The van der Waals surface area contributed by atoms with E-state index in [4.69, 9.17) is 5.73 Å². The number of nitrogens with zero attached hydrogens (tertiary/aromatic N) is 1. The van der Waals surface area contributed by atoms with Crippen LogP contribution in [-0.4, -0.2) is 41.7 Å². The third-order valence-electron chi connectivity index (χ3n) is 2.77. The van der Waals surface area contributed by atoms with Crippen LogP contribution in [0, 0.1) is 5.92 Å². The lowest BCUT2D eigenvalue weighted by Crippen LogP contribution is -2.30. The minimum absolute atomic E-state index is 0.154. The zero-order valence-corrected chi connectivity index (χ0v) is 8.78.